The number of hydrogen-bond acceptors (Lipinski definition) is 4. The maximum atomic E-state index is 12.4. The molecule has 1 aliphatic carbocycles. The molecule has 0 spiro atoms. The number of pyridine rings is 1. The molecule has 2 aromatic heterocycles. The lowest BCUT2D eigenvalue weighted by Crippen LogP contribution is -2.12. The molecule has 29 heavy (non-hydrogen) atoms. The molecular formula is C21H21ClN2O4S. The number of carbonyl (C=O) groups is 1. The molecule has 0 amide bonds. The fourth-order valence-electron chi connectivity index (χ4n) is 4.35. The van der Waals surface area contributed by atoms with Crippen molar-refractivity contribution in [2.24, 2.45) is 0 Å². The highest BCUT2D eigenvalue weighted by Crippen LogP contribution is 2.43. The second-order valence-electron chi connectivity index (χ2n) is 7.53. The van der Waals surface area contributed by atoms with Gasteiger partial charge >= 0.3 is 5.97 Å². The Kier molecular flexibility index (Phi) is 5.12. The van der Waals surface area contributed by atoms with Crippen molar-refractivity contribution in [2.75, 3.05) is 6.26 Å². The molecule has 1 N–H and O–H groups in total. The van der Waals surface area contributed by atoms with Crippen molar-refractivity contribution in [3.63, 3.8) is 0 Å². The molecule has 0 saturated heterocycles. The Morgan fingerprint density at radius 2 is 2.00 bits per heavy atom. The van der Waals surface area contributed by atoms with E-state index in [1.54, 1.807) is 6.20 Å². The third kappa shape index (κ3) is 3.76. The number of halogens is 1. The molecule has 1 aromatic carbocycles. The number of sulfone groups is 1. The minimum Gasteiger partial charge on any atom is -0.481 e. The van der Waals surface area contributed by atoms with Gasteiger partial charge in [-0.15, -0.1) is 0 Å². The van der Waals surface area contributed by atoms with Gasteiger partial charge in [-0.1, -0.05) is 23.7 Å². The summed E-state index contributed by atoms with van der Waals surface area (Å²) in [5.74, 6) is -0.980. The Morgan fingerprint density at radius 3 is 2.66 bits per heavy atom. The van der Waals surface area contributed by atoms with Crippen LogP contribution in [0.4, 0.5) is 0 Å². The molecule has 0 bridgehead atoms. The zero-order chi connectivity index (χ0) is 20.8. The van der Waals surface area contributed by atoms with E-state index in [1.165, 1.54) is 12.5 Å². The number of aromatic nitrogens is 2. The van der Waals surface area contributed by atoms with Gasteiger partial charge in [-0.25, -0.2) is 8.42 Å². The Morgan fingerprint density at radius 1 is 1.28 bits per heavy atom. The summed E-state index contributed by atoms with van der Waals surface area (Å²) in [4.78, 5) is 15.7. The van der Waals surface area contributed by atoms with Crippen molar-refractivity contribution in [1.82, 2.24) is 9.55 Å². The highest BCUT2D eigenvalue weighted by Gasteiger charge is 2.33. The fraction of sp³-hybridized carbons (Fsp3) is 0.333. The van der Waals surface area contributed by atoms with Gasteiger partial charge in [0.25, 0.3) is 0 Å². The van der Waals surface area contributed by atoms with Crippen molar-refractivity contribution in [2.45, 2.75) is 43.0 Å². The Labute approximate surface area is 174 Å². The minimum absolute atomic E-state index is 0.0336. The Bertz CT molecular complexity index is 1200. The van der Waals surface area contributed by atoms with Crippen LogP contribution in [0.5, 0.6) is 0 Å². The summed E-state index contributed by atoms with van der Waals surface area (Å²) in [6.07, 6.45) is 6.45. The first-order valence-corrected chi connectivity index (χ1v) is 11.7. The molecular weight excluding hydrogens is 412 g/mol. The van der Waals surface area contributed by atoms with Crippen molar-refractivity contribution in [1.29, 1.82) is 0 Å². The number of aryl methyl sites for hydroxylation is 3. The summed E-state index contributed by atoms with van der Waals surface area (Å²) >= 11 is 5.97. The molecule has 1 aliphatic rings. The van der Waals surface area contributed by atoms with Gasteiger partial charge < -0.3 is 9.67 Å². The largest absolute Gasteiger partial charge is 0.481 e. The van der Waals surface area contributed by atoms with E-state index >= 15 is 0 Å². The quantitative estimate of drug-likeness (QED) is 0.639. The van der Waals surface area contributed by atoms with Gasteiger partial charge in [0.15, 0.2) is 9.84 Å². The molecule has 0 fully saturated rings. The van der Waals surface area contributed by atoms with Crippen molar-refractivity contribution in [3.8, 4) is 0 Å². The first kappa shape index (κ1) is 19.9. The second-order valence-corrected chi connectivity index (χ2v) is 9.95. The van der Waals surface area contributed by atoms with Crippen LogP contribution < -0.4 is 0 Å². The van der Waals surface area contributed by atoms with Crippen LogP contribution in [-0.4, -0.2) is 35.3 Å². The third-order valence-electron chi connectivity index (χ3n) is 5.57. The van der Waals surface area contributed by atoms with E-state index in [1.807, 2.05) is 28.8 Å². The topological polar surface area (TPSA) is 89.3 Å². The first-order chi connectivity index (χ1) is 13.8. The van der Waals surface area contributed by atoms with Gasteiger partial charge in [-0.3, -0.25) is 9.78 Å². The van der Waals surface area contributed by atoms with Gasteiger partial charge in [-0.2, -0.15) is 0 Å². The molecule has 2 heterocycles. The summed E-state index contributed by atoms with van der Waals surface area (Å²) in [5.41, 5.74) is 3.68. The van der Waals surface area contributed by atoms with Crippen molar-refractivity contribution >= 4 is 38.3 Å². The van der Waals surface area contributed by atoms with Crippen LogP contribution in [0.25, 0.3) is 10.9 Å². The third-order valence-corrected chi connectivity index (χ3v) is 6.92. The smallest absolute Gasteiger partial charge is 0.304 e. The number of nitrogens with zero attached hydrogens (tertiary/aromatic N) is 2. The summed E-state index contributed by atoms with van der Waals surface area (Å²) in [5, 5.41) is 10.8. The van der Waals surface area contributed by atoms with E-state index in [0.29, 0.717) is 23.5 Å². The van der Waals surface area contributed by atoms with Gasteiger partial charge in [0.05, 0.1) is 11.9 Å². The fourth-order valence-corrected chi connectivity index (χ4v) is 5.29. The second kappa shape index (κ2) is 7.46. The average Bonchev–Trinajstić information content (AvgIpc) is 3.19. The van der Waals surface area contributed by atoms with E-state index in [-0.39, 0.29) is 17.2 Å². The van der Waals surface area contributed by atoms with Gasteiger partial charge in [0, 0.05) is 47.2 Å². The normalized spacial score (nSPS) is 16.3. The number of rotatable bonds is 6. The molecule has 0 radical (unpaired) electrons. The summed E-state index contributed by atoms with van der Waals surface area (Å²) in [6.45, 7) is 0.552. The van der Waals surface area contributed by atoms with Crippen LogP contribution in [0.1, 0.15) is 35.6 Å². The van der Waals surface area contributed by atoms with Crippen molar-refractivity contribution in [3.05, 3.63) is 58.5 Å². The number of carboxylic acid groups (broad SMARTS) is 1. The lowest BCUT2D eigenvalue weighted by molar-refractivity contribution is -0.137. The van der Waals surface area contributed by atoms with Crippen LogP contribution in [0.3, 0.4) is 0 Å². The summed E-state index contributed by atoms with van der Waals surface area (Å²) < 4.78 is 26.9. The van der Waals surface area contributed by atoms with Gasteiger partial charge in [0.1, 0.15) is 4.90 Å². The number of fused-ring (bicyclic) bond motifs is 3. The first-order valence-electron chi connectivity index (χ1n) is 9.41. The average molecular weight is 433 g/mol. The number of carboxylic acids is 1. The lowest BCUT2D eigenvalue weighted by atomic mass is 10.0. The van der Waals surface area contributed by atoms with Crippen LogP contribution in [0.15, 0.2) is 41.6 Å². The molecule has 8 heteroatoms. The monoisotopic (exact) mass is 432 g/mol. The van der Waals surface area contributed by atoms with Crippen LogP contribution in [0, 0.1) is 0 Å². The van der Waals surface area contributed by atoms with Crippen LogP contribution in [-0.2, 0) is 34.0 Å². The number of hydrogen-bond donors (Lipinski definition) is 1. The highest BCUT2D eigenvalue weighted by molar-refractivity contribution is 7.91. The minimum atomic E-state index is -3.49. The molecule has 0 saturated carbocycles. The van der Waals surface area contributed by atoms with E-state index in [0.717, 1.165) is 35.0 Å². The standard InChI is InChI=1S/C21H21ClN2O4S/c1-29(27,28)18-12-23-11-17-16-7-4-14(10-19(25)26)20(16)24(21(17)18)9-8-13-2-5-15(22)6-3-13/h2-3,5-6,11-12,14H,4,7-10H2,1H3,(H,25,26). The number of benzene rings is 1. The van der Waals surface area contributed by atoms with Gasteiger partial charge in [0.2, 0.25) is 0 Å². The Balaban J connectivity index is 1.87. The maximum absolute atomic E-state index is 12.4. The SMILES string of the molecule is CS(=O)(=O)c1cncc2c3c(n(CCc4ccc(Cl)cc4)c12)C(CC(=O)O)CC3. The van der Waals surface area contributed by atoms with E-state index in [2.05, 4.69) is 4.98 Å². The molecule has 1 unspecified atom stereocenters. The maximum Gasteiger partial charge on any atom is 0.304 e. The van der Waals surface area contributed by atoms with E-state index in [9.17, 15) is 18.3 Å². The zero-order valence-electron chi connectivity index (χ0n) is 15.9. The molecule has 1 atom stereocenters. The van der Waals surface area contributed by atoms with E-state index in [4.69, 9.17) is 11.6 Å². The summed E-state index contributed by atoms with van der Waals surface area (Å²) in [6, 6.07) is 7.55. The van der Waals surface area contributed by atoms with Crippen molar-refractivity contribution < 1.29 is 18.3 Å². The number of aliphatic carboxylic acids is 1. The lowest BCUT2D eigenvalue weighted by Gasteiger charge is -2.16. The summed E-state index contributed by atoms with van der Waals surface area (Å²) in [7, 11) is -3.49. The Hall–Kier alpha value is -2.38. The molecule has 6 nitrogen and oxygen atoms in total. The zero-order valence-corrected chi connectivity index (χ0v) is 17.5. The predicted molar refractivity (Wildman–Crippen MR) is 111 cm³/mol. The van der Waals surface area contributed by atoms with E-state index < -0.39 is 15.8 Å². The molecule has 3 aromatic rings. The van der Waals surface area contributed by atoms with Crippen LogP contribution in [0.2, 0.25) is 5.02 Å². The molecule has 152 valence electrons. The predicted octanol–water partition coefficient (Wildman–Crippen LogP) is 3.84. The van der Waals surface area contributed by atoms with Gasteiger partial charge in [-0.05, 0) is 42.5 Å². The molecule has 4 rings (SSSR count). The highest BCUT2D eigenvalue weighted by atomic mass is 35.5. The van der Waals surface area contributed by atoms with Crippen LogP contribution >= 0.6 is 11.6 Å². The molecule has 0 aliphatic heterocycles.